The minimum absolute atomic E-state index is 0.122. The molecule has 0 aliphatic heterocycles. The molecular formula is C18H21N3O2. The largest absolute Gasteiger partial charge is 0.467 e. The van der Waals surface area contributed by atoms with Crippen molar-refractivity contribution in [3.05, 3.63) is 59.2 Å². The van der Waals surface area contributed by atoms with Gasteiger partial charge in [0, 0.05) is 30.2 Å². The van der Waals surface area contributed by atoms with Gasteiger partial charge in [-0.2, -0.15) is 0 Å². The summed E-state index contributed by atoms with van der Waals surface area (Å²) in [4.78, 5) is 17.1. The van der Waals surface area contributed by atoms with Gasteiger partial charge in [-0.05, 0) is 49.2 Å². The number of carbonyl (C=O) groups is 1. The average Bonchev–Trinajstić information content (AvgIpc) is 3.14. The summed E-state index contributed by atoms with van der Waals surface area (Å²) >= 11 is 0. The van der Waals surface area contributed by atoms with Gasteiger partial charge >= 0.3 is 6.03 Å². The third kappa shape index (κ3) is 3.23. The Balaban J connectivity index is 1.63. The molecule has 2 heterocycles. The number of aromatic amines is 1. The number of benzene rings is 1. The molecule has 1 aromatic carbocycles. The van der Waals surface area contributed by atoms with Crippen molar-refractivity contribution in [2.75, 3.05) is 7.05 Å². The third-order valence-corrected chi connectivity index (χ3v) is 4.14. The first kappa shape index (κ1) is 15.2. The van der Waals surface area contributed by atoms with Crippen molar-refractivity contribution in [3.63, 3.8) is 0 Å². The number of furan rings is 1. The number of nitrogens with zero attached hydrogens (tertiary/aromatic N) is 1. The lowest BCUT2D eigenvalue weighted by Crippen LogP contribution is -2.36. The first-order valence-corrected chi connectivity index (χ1v) is 7.64. The molecule has 5 nitrogen and oxygen atoms in total. The minimum Gasteiger partial charge on any atom is -0.467 e. The molecule has 0 aliphatic rings. The maximum absolute atomic E-state index is 12.1. The quantitative estimate of drug-likeness (QED) is 0.771. The van der Waals surface area contributed by atoms with Gasteiger partial charge in [0.15, 0.2) is 0 Å². The summed E-state index contributed by atoms with van der Waals surface area (Å²) < 4.78 is 5.26. The van der Waals surface area contributed by atoms with Crippen LogP contribution in [0.1, 0.15) is 22.6 Å². The number of aryl methyl sites for hydroxylation is 2. The fourth-order valence-electron chi connectivity index (χ4n) is 2.64. The highest BCUT2D eigenvalue weighted by molar-refractivity contribution is 5.85. The second-order valence-electron chi connectivity index (χ2n) is 5.85. The fraction of sp³-hybridized carbons (Fsp3) is 0.278. The first-order valence-electron chi connectivity index (χ1n) is 7.64. The number of hydrogen-bond acceptors (Lipinski definition) is 2. The van der Waals surface area contributed by atoms with E-state index in [1.54, 1.807) is 18.2 Å². The highest BCUT2D eigenvalue weighted by Gasteiger charge is 2.11. The molecule has 0 saturated heterocycles. The Kier molecular flexibility index (Phi) is 4.10. The number of urea groups is 1. The van der Waals surface area contributed by atoms with Gasteiger partial charge < -0.3 is 19.6 Å². The summed E-state index contributed by atoms with van der Waals surface area (Å²) in [5, 5.41) is 4.14. The highest BCUT2D eigenvalue weighted by atomic mass is 16.3. The van der Waals surface area contributed by atoms with Crippen LogP contribution in [0.2, 0.25) is 0 Å². The van der Waals surface area contributed by atoms with Crippen molar-refractivity contribution in [2.45, 2.75) is 26.9 Å². The number of carbonyl (C=O) groups excluding carboxylic acids is 1. The van der Waals surface area contributed by atoms with E-state index in [4.69, 9.17) is 4.42 Å². The van der Waals surface area contributed by atoms with Crippen LogP contribution >= 0.6 is 0 Å². The molecule has 5 heteroatoms. The summed E-state index contributed by atoms with van der Waals surface area (Å²) in [6, 6.07) is 9.77. The number of amides is 2. The molecule has 2 N–H and O–H groups in total. The van der Waals surface area contributed by atoms with Crippen LogP contribution < -0.4 is 5.32 Å². The van der Waals surface area contributed by atoms with Crippen molar-refractivity contribution >= 4 is 16.9 Å². The molecule has 0 radical (unpaired) electrons. The third-order valence-electron chi connectivity index (χ3n) is 4.14. The van der Waals surface area contributed by atoms with Crippen LogP contribution in [0, 0.1) is 13.8 Å². The van der Waals surface area contributed by atoms with Gasteiger partial charge in [0.25, 0.3) is 0 Å². The number of fused-ring (bicyclic) bond motifs is 1. The van der Waals surface area contributed by atoms with Crippen LogP contribution in [0.4, 0.5) is 4.79 Å². The van der Waals surface area contributed by atoms with E-state index in [2.05, 4.69) is 36.3 Å². The van der Waals surface area contributed by atoms with Crippen LogP contribution in [-0.4, -0.2) is 23.0 Å². The van der Waals surface area contributed by atoms with Gasteiger partial charge in [-0.3, -0.25) is 0 Å². The van der Waals surface area contributed by atoms with Crippen molar-refractivity contribution < 1.29 is 9.21 Å². The van der Waals surface area contributed by atoms with Gasteiger partial charge in [0.2, 0.25) is 0 Å². The maximum Gasteiger partial charge on any atom is 0.317 e. The summed E-state index contributed by atoms with van der Waals surface area (Å²) in [6.07, 6.45) is 1.61. The summed E-state index contributed by atoms with van der Waals surface area (Å²) in [5.74, 6) is 0.766. The second-order valence-corrected chi connectivity index (χ2v) is 5.85. The van der Waals surface area contributed by atoms with E-state index < -0.39 is 0 Å². The van der Waals surface area contributed by atoms with E-state index in [-0.39, 0.29) is 6.03 Å². The first-order chi connectivity index (χ1) is 11.0. The molecule has 0 unspecified atom stereocenters. The van der Waals surface area contributed by atoms with Gasteiger partial charge in [-0.1, -0.05) is 6.07 Å². The smallest absolute Gasteiger partial charge is 0.317 e. The zero-order valence-corrected chi connectivity index (χ0v) is 13.6. The molecule has 3 rings (SSSR count). The van der Waals surface area contributed by atoms with Crippen molar-refractivity contribution in [3.8, 4) is 0 Å². The lowest BCUT2D eigenvalue weighted by atomic mass is 10.1. The summed E-state index contributed by atoms with van der Waals surface area (Å²) in [5.41, 5.74) is 4.65. The predicted octanol–water partition coefficient (Wildman–Crippen LogP) is 3.72. The minimum atomic E-state index is -0.122. The van der Waals surface area contributed by atoms with E-state index in [1.165, 1.54) is 16.6 Å². The molecule has 0 saturated carbocycles. The molecular weight excluding hydrogens is 290 g/mol. The molecule has 0 spiro atoms. The summed E-state index contributed by atoms with van der Waals surface area (Å²) in [6.45, 7) is 5.13. The van der Waals surface area contributed by atoms with Crippen LogP contribution in [0.15, 0.2) is 41.0 Å². The molecule has 3 aromatic rings. The molecule has 2 aromatic heterocycles. The second kappa shape index (κ2) is 6.20. The SMILES string of the molecule is Cc1[nH]c2ccc(CNC(=O)N(C)Cc3ccco3)cc2c1C. The molecule has 120 valence electrons. The Morgan fingerprint density at radius 2 is 2.13 bits per heavy atom. The fourth-order valence-corrected chi connectivity index (χ4v) is 2.64. The Morgan fingerprint density at radius 3 is 2.87 bits per heavy atom. The molecule has 0 bridgehead atoms. The Bertz CT molecular complexity index is 818. The van der Waals surface area contributed by atoms with E-state index in [0.717, 1.165) is 16.8 Å². The molecule has 23 heavy (non-hydrogen) atoms. The maximum atomic E-state index is 12.1. The van der Waals surface area contributed by atoms with Gasteiger partial charge in [-0.15, -0.1) is 0 Å². The number of aromatic nitrogens is 1. The van der Waals surface area contributed by atoms with Crippen LogP contribution in [0.25, 0.3) is 10.9 Å². The van der Waals surface area contributed by atoms with Crippen molar-refractivity contribution in [1.82, 2.24) is 15.2 Å². The molecule has 2 amide bonds. The predicted molar refractivity (Wildman–Crippen MR) is 90.2 cm³/mol. The van der Waals surface area contributed by atoms with E-state index in [0.29, 0.717) is 13.1 Å². The Labute approximate surface area is 135 Å². The zero-order chi connectivity index (χ0) is 16.4. The highest BCUT2D eigenvalue weighted by Crippen LogP contribution is 2.22. The van der Waals surface area contributed by atoms with Gasteiger partial charge in [-0.25, -0.2) is 4.79 Å². The molecule has 0 atom stereocenters. The van der Waals surface area contributed by atoms with Gasteiger partial charge in [0.05, 0.1) is 12.8 Å². The number of H-pyrrole nitrogens is 1. The van der Waals surface area contributed by atoms with Crippen LogP contribution in [0.5, 0.6) is 0 Å². The number of rotatable bonds is 4. The molecule has 0 fully saturated rings. The van der Waals surface area contributed by atoms with Crippen molar-refractivity contribution in [2.24, 2.45) is 0 Å². The monoisotopic (exact) mass is 311 g/mol. The van der Waals surface area contributed by atoms with E-state index >= 15 is 0 Å². The Morgan fingerprint density at radius 1 is 1.30 bits per heavy atom. The van der Waals surface area contributed by atoms with Gasteiger partial charge in [0.1, 0.15) is 5.76 Å². The van der Waals surface area contributed by atoms with E-state index in [1.807, 2.05) is 18.2 Å². The zero-order valence-electron chi connectivity index (χ0n) is 13.6. The van der Waals surface area contributed by atoms with Crippen LogP contribution in [0.3, 0.4) is 0 Å². The van der Waals surface area contributed by atoms with Crippen LogP contribution in [-0.2, 0) is 13.1 Å². The summed E-state index contributed by atoms with van der Waals surface area (Å²) in [7, 11) is 1.75. The average molecular weight is 311 g/mol. The number of nitrogens with one attached hydrogen (secondary N) is 2. The van der Waals surface area contributed by atoms with E-state index in [9.17, 15) is 4.79 Å². The Hall–Kier alpha value is -2.69. The topological polar surface area (TPSA) is 61.3 Å². The molecule has 0 aliphatic carbocycles. The standard InChI is InChI=1S/C18H21N3O2/c1-12-13(2)20-17-7-6-14(9-16(12)17)10-19-18(22)21(3)11-15-5-4-8-23-15/h4-9,20H,10-11H2,1-3H3,(H,19,22). The van der Waals surface area contributed by atoms with Crippen molar-refractivity contribution in [1.29, 1.82) is 0 Å². The lowest BCUT2D eigenvalue weighted by Gasteiger charge is -2.16. The number of hydrogen-bond donors (Lipinski definition) is 2. The normalized spacial score (nSPS) is 10.9. The lowest BCUT2D eigenvalue weighted by molar-refractivity contribution is 0.202.